The summed E-state index contributed by atoms with van der Waals surface area (Å²) < 4.78 is 2.03. The third-order valence-corrected chi connectivity index (χ3v) is 7.94. The van der Waals surface area contributed by atoms with E-state index in [0.29, 0.717) is 15.6 Å². The number of nitrogens with one attached hydrogen (secondary N) is 1. The molecule has 1 aromatic heterocycles. The smallest absolute Gasteiger partial charge is 0.271 e. The van der Waals surface area contributed by atoms with Crippen molar-refractivity contribution in [1.29, 1.82) is 0 Å². The maximum atomic E-state index is 12.7. The maximum Gasteiger partial charge on any atom is 0.271 e. The van der Waals surface area contributed by atoms with Crippen molar-refractivity contribution in [1.82, 2.24) is 14.9 Å². The monoisotopic (exact) mass is 559 g/mol. The minimum atomic E-state index is -0.249. The van der Waals surface area contributed by atoms with Crippen molar-refractivity contribution in [2.45, 2.75) is 20.4 Å². The number of amides is 1. The number of aromatic nitrogens is 1. The number of halogens is 2. The number of aryl methyl sites for hydroxylation is 1. The van der Waals surface area contributed by atoms with Crippen LogP contribution in [-0.2, 0) is 6.54 Å². The number of carbonyl (C=O) groups is 1. The fraction of sp³-hybridized carbons (Fsp3) is 0.226. The van der Waals surface area contributed by atoms with Crippen molar-refractivity contribution < 1.29 is 4.79 Å². The highest BCUT2D eigenvalue weighted by Crippen LogP contribution is 2.31. The van der Waals surface area contributed by atoms with Crippen molar-refractivity contribution in [3.8, 4) is 5.69 Å². The van der Waals surface area contributed by atoms with Gasteiger partial charge in [-0.3, -0.25) is 9.69 Å². The number of hydrazone groups is 1. The molecule has 1 amide bonds. The van der Waals surface area contributed by atoms with E-state index >= 15 is 0 Å². The van der Waals surface area contributed by atoms with Crippen LogP contribution in [0.1, 0.15) is 32.9 Å². The second-order valence-corrected chi connectivity index (χ2v) is 10.5. The Morgan fingerprint density at radius 3 is 2.36 bits per heavy atom. The molecule has 0 bridgehead atoms. The summed E-state index contributed by atoms with van der Waals surface area (Å²) >= 11 is 12.7. The van der Waals surface area contributed by atoms with Crippen molar-refractivity contribution >= 4 is 41.0 Å². The molecule has 39 heavy (non-hydrogen) atoms. The molecule has 0 saturated carbocycles. The zero-order valence-electron chi connectivity index (χ0n) is 22.1. The first-order chi connectivity index (χ1) is 18.9. The molecule has 0 unspecified atom stereocenters. The van der Waals surface area contributed by atoms with Crippen LogP contribution in [0, 0.1) is 13.8 Å². The van der Waals surface area contributed by atoms with Crippen LogP contribution in [-0.4, -0.2) is 47.8 Å². The van der Waals surface area contributed by atoms with E-state index in [9.17, 15) is 4.79 Å². The van der Waals surface area contributed by atoms with Gasteiger partial charge in [-0.05, 0) is 61.9 Å². The zero-order chi connectivity index (χ0) is 27.4. The average Bonchev–Trinajstić information content (AvgIpc) is 3.24. The highest BCUT2D eigenvalue weighted by molar-refractivity contribution is 6.43. The van der Waals surface area contributed by atoms with Gasteiger partial charge in [0.2, 0.25) is 0 Å². The van der Waals surface area contributed by atoms with Crippen LogP contribution in [0.3, 0.4) is 0 Å². The topological polar surface area (TPSA) is 52.9 Å². The van der Waals surface area contributed by atoms with E-state index in [2.05, 4.69) is 50.7 Å². The van der Waals surface area contributed by atoms with Crippen molar-refractivity contribution in [2.75, 3.05) is 31.1 Å². The number of hydrogen-bond acceptors (Lipinski definition) is 4. The summed E-state index contributed by atoms with van der Waals surface area (Å²) in [4.78, 5) is 17.6. The third-order valence-electron chi connectivity index (χ3n) is 7.13. The molecule has 1 saturated heterocycles. The fourth-order valence-corrected chi connectivity index (χ4v) is 5.38. The molecule has 2 heterocycles. The van der Waals surface area contributed by atoms with Gasteiger partial charge in [0.15, 0.2) is 0 Å². The first-order valence-electron chi connectivity index (χ1n) is 13.0. The van der Waals surface area contributed by atoms with Crippen molar-refractivity contribution in [3.63, 3.8) is 0 Å². The minimum absolute atomic E-state index is 0.249. The summed E-state index contributed by atoms with van der Waals surface area (Å²) in [6.45, 7) is 8.88. The minimum Gasteiger partial charge on any atom is -0.369 e. The Morgan fingerprint density at radius 2 is 1.64 bits per heavy atom. The van der Waals surface area contributed by atoms with E-state index in [1.54, 1.807) is 12.3 Å². The van der Waals surface area contributed by atoms with Crippen molar-refractivity contribution in [3.05, 3.63) is 117 Å². The second-order valence-electron chi connectivity index (χ2n) is 9.73. The standard InChI is InChI=1S/C31H31Cl2N5O/c1-22-19-26(23(2)38(22)29-10-6-9-28(32)30(29)33)20-34-35-31(39)25-13-11-24(12-14-25)21-36-15-17-37(18-16-36)27-7-4-3-5-8-27/h3-14,19-20H,15-18,21H2,1-2H3,(H,35,39)/b34-20-. The lowest BCUT2D eigenvalue weighted by Crippen LogP contribution is -2.45. The van der Waals surface area contributed by atoms with Crippen LogP contribution >= 0.6 is 23.2 Å². The van der Waals surface area contributed by atoms with Gasteiger partial charge in [0, 0.05) is 60.9 Å². The van der Waals surface area contributed by atoms with Crippen LogP contribution in [0.15, 0.2) is 84.0 Å². The Hall–Kier alpha value is -3.58. The molecular formula is C31H31Cl2N5O. The predicted molar refractivity (Wildman–Crippen MR) is 161 cm³/mol. The van der Waals surface area contributed by atoms with Gasteiger partial charge in [-0.15, -0.1) is 0 Å². The Kier molecular flexibility index (Phi) is 8.36. The van der Waals surface area contributed by atoms with Gasteiger partial charge in [-0.1, -0.05) is 59.6 Å². The number of anilines is 1. The predicted octanol–water partition coefficient (Wildman–Crippen LogP) is 6.49. The summed E-state index contributed by atoms with van der Waals surface area (Å²) in [5, 5.41) is 5.20. The number of rotatable bonds is 7. The summed E-state index contributed by atoms with van der Waals surface area (Å²) in [7, 11) is 0. The van der Waals surface area contributed by atoms with Crippen LogP contribution in [0.5, 0.6) is 0 Å². The number of benzene rings is 3. The first kappa shape index (κ1) is 27.0. The van der Waals surface area contributed by atoms with Gasteiger partial charge in [0.1, 0.15) is 0 Å². The highest BCUT2D eigenvalue weighted by Gasteiger charge is 2.17. The van der Waals surface area contributed by atoms with Crippen LogP contribution in [0.2, 0.25) is 10.0 Å². The molecule has 0 atom stereocenters. The lowest BCUT2D eigenvalue weighted by Gasteiger charge is -2.36. The van der Waals surface area contributed by atoms with E-state index in [4.69, 9.17) is 23.2 Å². The van der Waals surface area contributed by atoms with Crippen LogP contribution in [0.4, 0.5) is 5.69 Å². The molecule has 8 heteroatoms. The Bertz CT molecular complexity index is 1470. The Balaban J connectivity index is 1.16. The van der Waals surface area contributed by atoms with Crippen LogP contribution < -0.4 is 10.3 Å². The summed E-state index contributed by atoms with van der Waals surface area (Å²) in [6.07, 6.45) is 1.65. The molecule has 3 aromatic carbocycles. The summed E-state index contributed by atoms with van der Waals surface area (Å²) in [5.74, 6) is -0.249. The molecule has 1 N–H and O–H groups in total. The average molecular weight is 561 g/mol. The molecule has 4 aromatic rings. The molecule has 1 aliphatic rings. The number of para-hydroxylation sites is 1. The molecule has 1 fully saturated rings. The number of nitrogens with zero attached hydrogens (tertiary/aromatic N) is 4. The largest absolute Gasteiger partial charge is 0.369 e. The van der Waals surface area contributed by atoms with Gasteiger partial charge in [-0.2, -0.15) is 5.10 Å². The van der Waals surface area contributed by atoms with E-state index in [-0.39, 0.29) is 5.91 Å². The molecule has 200 valence electrons. The number of hydrogen-bond donors (Lipinski definition) is 1. The number of piperazine rings is 1. The number of carbonyl (C=O) groups excluding carboxylic acids is 1. The summed E-state index contributed by atoms with van der Waals surface area (Å²) in [5.41, 5.74) is 9.31. The molecule has 0 aliphatic carbocycles. The third kappa shape index (κ3) is 6.19. The maximum absolute atomic E-state index is 12.7. The molecular weight excluding hydrogens is 529 g/mol. The molecule has 6 nitrogen and oxygen atoms in total. The molecule has 0 radical (unpaired) electrons. The molecule has 5 rings (SSSR count). The Labute approximate surface area is 239 Å². The van der Waals surface area contributed by atoms with Gasteiger partial charge in [-0.25, -0.2) is 5.43 Å². The molecule has 1 aliphatic heterocycles. The van der Waals surface area contributed by atoms with Crippen molar-refractivity contribution in [2.24, 2.45) is 5.10 Å². The lowest BCUT2D eigenvalue weighted by molar-refractivity contribution is 0.0955. The van der Waals surface area contributed by atoms with E-state index in [0.717, 1.165) is 55.4 Å². The Morgan fingerprint density at radius 1 is 0.923 bits per heavy atom. The normalized spacial score (nSPS) is 14.2. The zero-order valence-corrected chi connectivity index (χ0v) is 23.6. The molecule has 0 spiro atoms. The lowest BCUT2D eigenvalue weighted by atomic mass is 10.1. The second kappa shape index (κ2) is 12.1. The van der Waals surface area contributed by atoms with E-state index in [1.807, 2.05) is 60.9 Å². The van der Waals surface area contributed by atoms with E-state index < -0.39 is 0 Å². The first-order valence-corrected chi connectivity index (χ1v) is 13.7. The van der Waals surface area contributed by atoms with Gasteiger partial charge in [0.05, 0.1) is 21.9 Å². The van der Waals surface area contributed by atoms with Crippen LogP contribution in [0.25, 0.3) is 5.69 Å². The SMILES string of the molecule is Cc1cc(/C=N\NC(=O)c2ccc(CN3CCN(c4ccccc4)CC3)cc2)c(C)n1-c1cccc(Cl)c1Cl. The van der Waals surface area contributed by atoms with E-state index in [1.165, 1.54) is 11.3 Å². The highest BCUT2D eigenvalue weighted by atomic mass is 35.5. The fourth-order valence-electron chi connectivity index (χ4n) is 5.00. The summed E-state index contributed by atoms with van der Waals surface area (Å²) in [6, 6.07) is 25.8. The van der Waals surface area contributed by atoms with Gasteiger partial charge in [0.25, 0.3) is 5.91 Å². The van der Waals surface area contributed by atoms with Gasteiger partial charge < -0.3 is 9.47 Å². The van der Waals surface area contributed by atoms with Gasteiger partial charge >= 0.3 is 0 Å². The quantitative estimate of drug-likeness (QED) is 0.208.